The van der Waals surface area contributed by atoms with Crippen LogP contribution in [0.25, 0.3) is 10.8 Å². The molecule has 0 atom stereocenters. The molecule has 0 fully saturated rings. The van der Waals surface area contributed by atoms with Crippen molar-refractivity contribution in [2.45, 2.75) is 47.5 Å². The molecule has 2 aromatic carbocycles. The second-order valence-corrected chi connectivity index (χ2v) is 4.62. The fourth-order valence-corrected chi connectivity index (χ4v) is 2.52. The third-order valence-corrected chi connectivity index (χ3v) is 3.08. The van der Waals surface area contributed by atoms with Crippen LogP contribution in [0.3, 0.4) is 0 Å². The number of fused-ring (bicyclic) bond motifs is 1. The first-order valence-corrected chi connectivity index (χ1v) is 6.60. The van der Waals surface area contributed by atoms with Gasteiger partial charge >= 0.3 is 0 Å². The lowest BCUT2D eigenvalue weighted by atomic mass is 9.89. The van der Waals surface area contributed by atoms with Crippen LogP contribution < -0.4 is 0 Å². The maximum Gasteiger partial charge on any atom is -0.0144 e. The molecule has 0 aromatic heterocycles. The molecule has 2 aromatic rings. The predicted octanol–water partition coefficient (Wildman–Crippen LogP) is 5.61. The minimum atomic E-state index is 0.593. The molecule has 0 saturated heterocycles. The van der Waals surface area contributed by atoms with Crippen molar-refractivity contribution in [3.63, 3.8) is 0 Å². The Labute approximate surface area is 106 Å². The molecule has 0 saturated carbocycles. The molecule has 0 aliphatic carbocycles. The van der Waals surface area contributed by atoms with Gasteiger partial charge in [-0.3, -0.25) is 0 Å². The first-order valence-electron chi connectivity index (χ1n) is 6.60. The Morgan fingerprint density at radius 3 is 1.88 bits per heavy atom. The first-order chi connectivity index (χ1) is 8.11. The Kier molecular flexibility index (Phi) is 4.74. The maximum atomic E-state index is 2.30. The lowest BCUT2D eigenvalue weighted by Gasteiger charge is -2.15. The summed E-state index contributed by atoms with van der Waals surface area (Å²) in [5.41, 5.74) is 4.30. The minimum absolute atomic E-state index is 0.593. The number of benzene rings is 2. The molecule has 0 aliphatic heterocycles. The average molecular weight is 228 g/mol. The van der Waals surface area contributed by atoms with E-state index in [2.05, 4.69) is 58.0 Å². The van der Waals surface area contributed by atoms with E-state index in [-0.39, 0.29) is 0 Å². The Morgan fingerprint density at radius 2 is 1.35 bits per heavy atom. The molecular weight excluding hydrogens is 204 g/mol. The molecule has 0 N–H and O–H groups in total. The normalized spacial score (nSPS) is 10.3. The molecule has 0 unspecified atom stereocenters. The lowest BCUT2D eigenvalue weighted by Crippen LogP contribution is -1.95. The van der Waals surface area contributed by atoms with Gasteiger partial charge in [0.2, 0.25) is 0 Å². The van der Waals surface area contributed by atoms with Gasteiger partial charge in [-0.25, -0.2) is 0 Å². The van der Waals surface area contributed by atoms with Gasteiger partial charge in [0.25, 0.3) is 0 Å². The third kappa shape index (κ3) is 2.69. The van der Waals surface area contributed by atoms with Crippen LogP contribution in [0.15, 0.2) is 30.3 Å². The quantitative estimate of drug-likeness (QED) is 0.595. The van der Waals surface area contributed by atoms with Crippen LogP contribution >= 0.6 is 0 Å². The second-order valence-electron chi connectivity index (χ2n) is 4.62. The molecule has 92 valence electrons. The van der Waals surface area contributed by atoms with Gasteiger partial charge in [-0.2, -0.15) is 0 Å². The maximum absolute atomic E-state index is 2.30. The van der Waals surface area contributed by atoms with Crippen molar-refractivity contribution in [2.75, 3.05) is 0 Å². The summed E-state index contributed by atoms with van der Waals surface area (Å²) >= 11 is 0. The van der Waals surface area contributed by atoms with Crippen molar-refractivity contribution in [1.82, 2.24) is 0 Å². The Hall–Kier alpha value is -1.30. The van der Waals surface area contributed by atoms with E-state index in [9.17, 15) is 0 Å². The van der Waals surface area contributed by atoms with Crippen LogP contribution in [-0.4, -0.2) is 0 Å². The fraction of sp³-hybridized carbons (Fsp3) is 0.412. The van der Waals surface area contributed by atoms with Gasteiger partial charge in [-0.15, -0.1) is 0 Å². The number of hydrogen-bond acceptors (Lipinski definition) is 0. The van der Waals surface area contributed by atoms with E-state index >= 15 is 0 Å². The summed E-state index contributed by atoms with van der Waals surface area (Å²) in [7, 11) is 0. The van der Waals surface area contributed by atoms with Gasteiger partial charge in [0.1, 0.15) is 0 Å². The van der Waals surface area contributed by atoms with E-state index in [0.717, 1.165) is 0 Å². The Bertz CT molecular complexity index is 493. The van der Waals surface area contributed by atoms with E-state index < -0.39 is 0 Å². The average Bonchev–Trinajstić information content (AvgIpc) is 2.31. The van der Waals surface area contributed by atoms with Gasteiger partial charge < -0.3 is 0 Å². The van der Waals surface area contributed by atoms with E-state index in [1.807, 2.05) is 13.8 Å². The topological polar surface area (TPSA) is 0 Å². The van der Waals surface area contributed by atoms with Crippen molar-refractivity contribution in [2.24, 2.45) is 0 Å². The van der Waals surface area contributed by atoms with E-state index in [1.54, 1.807) is 0 Å². The van der Waals surface area contributed by atoms with E-state index in [4.69, 9.17) is 0 Å². The molecule has 17 heavy (non-hydrogen) atoms. The summed E-state index contributed by atoms with van der Waals surface area (Å²) in [6.07, 6.45) is 0. The highest BCUT2D eigenvalue weighted by atomic mass is 14.1. The zero-order valence-electron chi connectivity index (χ0n) is 12.0. The Morgan fingerprint density at radius 1 is 0.824 bits per heavy atom. The molecule has 0 heterocycles. The van der Waals surface area contributed by atoms with Crippen molar-refractivity contribution in [1.29, 1.82) is 0 Å². The fourth-order valence-electron chi connectivity index (χ4n) is 2.52. The zero-order valence-corrected chi connectivity index (χ0v) is 12.0. The summed E-state index contributed by atoms with van der Waals surface area (Å²) < 4.78 is 0. The second kappa shape index (κ2) is 5.86. The van der Waals surface area contributed by atoms with Gasteiger partial charge in [0.15, 0.2) is 0 Å². The van der Waals surface area contributed by atoms with Crippen molar-refractivity contribution in [3.05, 3.63) is 47.0 Å². The molecular formula is C17H24. The van der Waals surface area contributed by atoms with Crippen molar-refractivity contribution < 1.29 is 0 Å². The SMILES string of the molecule is CC.Cc1cc(C)c2ccccc2c1C(C)C. The van der Waals surface area contributed by atoms with E-state index in [0.29, 0.717) is 5.92 Å². The summed E-state index contributed by atoms with van der Waals surface area (Å²) in [6, 6.07) is 11.0. The minimum Gasteiger partial charge on any atom is -0.0683 e. The highest BCUT2D eigenvalue weighted by Crippen LogP contribution is 2.30. The summed E-state index contributed by atoms with van der Waals surface area (Å²) in [5, 5.41) is 2.82. The summed E-state index contributed by atoms with van der Waals surface area (Å²) in [6.45, 7) is 12.9. The molecule has 0 spiro atoms. The Balaban J connectivity index is 0.000000686. The standard InChI is InChI=1S/C15H18.C2H6/c1-10(2)15-12(4)9-11(3)13-7-5-6-8-14(13)15;1-2/h5-10H,1-4H3;1-2H3. The van der Waals surface area contributed by atoms with Crippen LogP contribution in [0.1, 0.15) is 50.3 Å². The van der Waals surface area contributed by atoms with Gasteiger partial charge in [-0.05, 0) is 47.2 Å². The van der Waals surface area contributed by atoms with Gasteiger partial charge in [-0.1, -0.05) is 58.0 Å². The number of aryl methyl sites for hydroxylation is 2. The summed E-state index contributed by atoms with van der Waals surface area (Å²) in [5.74, 6) is 0.593. The predicted molar refractivity (Wildman–Crippen MR) is 78.9 cm³/mol. The molecule has 0 aliphatic rings. The van der Waals surface area contributed by atoms with Gasteiger partial charge in [0, 0.05) is 0 Å². The largest absolute Gasteiger partial charge is 0.0683 e. The van der Waals surface area contributed by atoms with Crippen molar-refractivity contribution in [3.8, 4) is 0 Å². The van der Waals surface area contributed by atoms with Crippen LogP contribution in [0.2, 0.25) is 0 Å². The number of hydrogen-bond donors (Lipinski definition) is 0. The molecule has 2 rings (SSSR count). The van der Waals surface area contributed by atoms with Crippen LogP contribution in [0.5, 0.6) is 0 Å². The summed E-state index contributed by atoms with van der Waals surface area (Å²) in [4.78, 5) is 0. The van der Waals surface area contributed by atoms with Gasteiger partial charge in [0.05, 0.1) is 0 Å². The molecule has 0 heteroatoms. The molecule has 0 bridgehead atoms. The molecule has 0 radical (unpaired) electrons. The third-order valence-electron chi connectivity index (χ3n) is 3.08. The highest BCUT2D eigenvalue weighted by molar-refractivity contribution is 5.90. The lowest BCUT2D eigenvalue weighted by molar-refractivity contribution is 0.866. The zero-order chi connectivity index (χ0) is 13.0. The highest BCUT2D eigenvalue weighted by Gasteiger charge is 2.09. The monoisotopic (exact) mass is 228 g/mol. The molecule has 0 amide bonds. The van der Waals surface area contributed by atoms with Crippen molar-refractivity contribution >= 4 is 10.8 Å². The smallest absolute Gasteiger partial charge is 0.0144 e. The van der Waals surface area contributed by atoms with E-state index in [1.165, 1.54) is 27.5 Å². The van der Waals surface area contributed by atoms with Crippen LogP contribution in [0.4, 0.5) is 0 Å². The van der Waals surface area contributed by atoms with Crippen LogP contribution in [0, 0.1) is 13.8 Å². The first kappa shape index (κ1) is 13.8. The number of rotatable bonds is 1. The van der Waals surface area contributed by atoms with Crippen LogP contribution in [-0.2, 0) is 0 Å². The molecule has 0 nitrogen and oxygen atoms in total.